The van der Waals surface area contributed by atoms with Crippen molar-refractivity contribution in [3.8, 4) is 0 Å². The molecule has 0 fully saturated rings. The molecule has 8 heteroatoms. The summed E-state index contributed by atoms with van der Waals surface area (Å²) >= 11 is 0. The maximum atomic E-state index is 13.4. The molecule has 0 spiro atoms. The predicted octanol–water partition coefficient (Wildman–Crippen LogP) is 3.17. The highest BCUT2D eigenvalue weighted by Crippen LogP contribution is 2.34. The third kappa shape index (κ3) is 3.80. The van der Waals surface area contributed by atoms with Gasteiger partial charge in [0, 0.05) is 11.6 Å². The van der Waals surface area contributed by atoms with Crippen molar-refractivity contribution in [3.05, 3.63) is 64.7 Å². The maximum absolute atomic E-state index is 13.4. The summed E-state index contributed by atoms with van der Waals surface area (Å²) in [4.78, 5) is 12.5. The van der Waals surface area contributed by atoms with Gasteiger partial charge in [-0.1, -0.05) is 6.07 Å². The summed E-state index contributed by atoms with van der Waals surface area (Å²) in [6.07, 6.45) is 1.67. The van der Waals surface area contributed by atoms with E-state index in [1.807, 2.05) is 6.92 Å². The van der Waals surface area contributed by atoms with E-state index >= 15 is 0 Å². The van der Waals surface area contributed by atoms with Crippen LogP contribution < -0.4 is 9.62 Å². The number of hydrogen-bond donors (Lipinski definition) is 1. The quantitative estimate of drug-likeness (QED) is 0.866. The van der Waals surface area contributed by atoms with Crippen molar-refractivity contribution in [2.24, 2.45) is 0 Å². The van der Waals surface area contributed by atoms with Gasteiger partial charge in [0.05, 0.1) is 18.0 Å². The lowest BCUT2D eigenvalue weighted by Gasteiger charge is -2.22. The topological polar surface area (TPSA) is 66.5 Å². The molecule has 0 aliphatic carbocycles. The fourth-order valence-electron chi connectivity index (χ4n) is 3.39. The molecule has 0 radical (unpaired) electrons. The third-order valence-electron chi connectivity index (χ3n) is 4.64. The van der Waals surface area contributed by atoms with Gasteiger partial charge in [0.15, 0.2) is 11.6 Å². The van der Waals surface area contributed by atoms with Gasteiger partial charge in [-0.3, -0.25) is 9.10 Å². The Morgan fingerprint density at radius 3 is 2.52 bits per heavy atom. The first-order chi connectivity index (χ1) is 12.6. The van der Waals surface area contributed by atoms with E-state index < -0.39 is 27.7 Å². The minimum atomic E-state index is -3.39. The Labute approximate surface area is 157 Å². The molecular formula is C19H20F2N2O3S. The Bertz CT molecular complexity index is 1010. The number of anilines is 1. The zero-order valence-electron chi connectivity index (χ0n) is 15.2. The second-order valence-corrected chi connectivity index (χ2v) is 8.68. The normalized spacial score (nSPS) is 17.5. The molecule has 27 heavy (non-hydrogen) atoms. The van der Waals surface area contributed by atoms with Crippen LogP contribution in [0, 0.1) is 11.6 Å². The number of nitrogens with one attached hydrogen (secondary N) is 1. The van der Waals surface area contributed by atoms with Gasteiger partial charge in [-0.15, -0.1) is 0 Å². The molecule has 3 rings (SSSR count). The van der Waals surface area contributed by atoms with Crippen molar-refractivity contribution in [3.63, 3.8) is 0 Å². The van der Waals surface area contributed by atoms with Gasteiger partial charge >= 0.3 is 0 Å². The Morgan fingerprint density at radius 2 is 1.89 bits per heavy atom. The number of fused-ring (bicyclic) bond motifs is 1. The largest absolute Gasteiger partial charge is 0.346 e. The highest BCUT2D eigenvalue weighted by Gasteiger charge is 2.32. The van der Waals surface area contributed by atoms with Crippen LogP contribution in [-0.4, -0.2) is 26.6 Å². The molecule has 2 aromatic carbocycles. The number of sulfonamides is 1. The molecular weight excluding hydrogens is 374 g/mol. The minimum absolute atomic E-state index is 0.213. The second-order valence-electron chi connectivity index (χ2n) is 6.82. The molecule has 1 aliphatic rings. The van der Waals surface area contributed by atoms with Crippen LogP contribution in [0.4, 0.5) is 14.5 Å². The summed E-state index contributed by atoms with van der Waals surface area (Å²) in [5, 5.41) is 2.74. The number of carbonyl (C=O) groups is 1. The number of amides is 1. The zero-order chi connectivity index (χ0) is 19.9. The van der Waals surface area contributed by atoms with Crippen molar-refractivity contribution < 1.29 is 22.0 Å². The fourth-order valence-corrected chi connectivity index (χ4v) is 4.66. The lowest BCUT2D eigenvalue weighted by molar-refractivity contribution is 0.0939. The fraction of sp³-hybridized carbons (Fsp3) is 0.316. The van der Waals surface area contributed by atoms with Gasteiger partial charge in [-0.2, -0.15) is 0 Å². The average molecular weight is 394 g/mol. The van der Waals surface area contributed by atoms with E-state index in [0.717, 1.165) is 24.0 Å². The molecule has 1 heterocycles. The average Bonchev–Trinajstić information content (AvgIpc) is 2.92. The number of benzene rings is 2. The van der Waals surface area contributed by atoms with Gasteiger partial charge in [0.1, 0.15) is 0 Å². The monoisotopic (exact) mass is 394 g/mol. The molecule has 0 bridgehead atoms. The summed E-state index contributed by atoms with van der Waals surface area (Å²) in [6.45, 7) is 3.48. The first-order valence-corrected chi connectivity index (χ1v) is 10.3. The van der Waals surface area contributed by atoms with Gasteiger partial charge in [-0.25, -0.2) is 17.2 Å². The predicted molar refractivity (Wildman–Crippen MR) is 99.2 cm³/mol. The summed E-state index contributed by atoms with van der Waals surface area (Å²) in [7, 11) is -3.39. The van der Waals surface area contributed by atoms with E-state index in [9.17, 15) is 22.0 Å². The third-order valence-corrected chi connectivity index (χ3v) is 5.91. The molecule has 144 valence electrons. The van der Waals surface area contributed by atoms with Gasteiger partial charge < -0.3 is 5.32 Å². The summed E-state index contributed by atoms with van der Waals surface area (Å²) in [5.74, 6) is -2.29. The molecule has 1 N–H and O–H groups in total. The maximum Gasteiger partial charge on any atom is 0.251 e. The van der Waals surface area contributed by atoms with Gasteiger partial charge in [0.2, 0.25) is 10.0 Å². The highest BCUT2D eigenvalue weighted by molar-refractivity contribution is 7.92. The Morgan fingerprint density at radius 1 is 1.19 bits per heavy atom. The number of carbonyl (C=O) groups excluding carboxylic acids is 1. The number of nitrogens with zero attached hydrogens (tertiary/aromatic N) is 1. The smallest absolute Gasteiger partial charge is 0.251 e. The standard InChI is InChI=1S/C19H20F2N2O3S/c1-11-8-15-9-14(5-7-18(15)23(11)27(3,25)26)19(24)22-12(2)13-4-6-16(20)17(21)10-13/h4-7,9-12H,8H2,1-3H3,(H,22,24)/t11-,12+/m0/s1. The summed E-state index contributed by atoms with van der Waals surface area (Å²) < 4.78 is 51.7. The van der Waals surface area contributed by atoms with Crippen molar-refractivity contribution in [2.45, 2.75) is 32.4 Å². The molecule has 0 saturated carbocycles. The van der Waals surface area contributed by atoms with E-state index in [1.165, 1.54) is 10.4 Å². The van der Waals surface area contributed by atoms with Crippen molar-refractivity contribution in [1.82, 2.24) is 5.32 Å². The molecule has 1 aliphatic heterocycles. The van der Waals surface area contributed by atoms with Crippen LogP contribution in [0.1, 0.15) is 41.4 Å². The molecule has 0 unspecified atom stereocenters. The van der Waals surface area contributed by atoms with Gasteiger partial charge in [-0.05, 0) is 61.7 Å². The van der Waals surface area contributed by atoms with Crippen LogP contribution in [0.25, 0.3) is 0 Å². The van der Waals surface area contributed by atoms with Crippen LogP contribution in [0.5, 0.6) is 0 Å². The van der Waals surface area contributed by atoms with Crippen LogP contribution >= 0.6 is 0 Å². The van der Waals surface area contributed by atoms with Crippen molar-refractivity contribution in [1.29, 1.82) is 0 Å². The summed E-state index contributed by atoms with van der Waals surface area (Å²) in [6, 6.07) is 7.60. The SMILES string of the molecule is C[C@@H](NC(=O)c1ccc2c(c1)C[C@H](C)N2S(C)(=O)=O)c1ccc(F)c(F)c1. The Hall–Kier alpha value is -2.48. The van der Waals surface area contributed by atoms with Crippen LogP contribution in [0.3, 0.4) is 0 Å². The number of hydrogen-bond acceptors (Lipinski definition) is 3. The first-order valence-electron chi connectivity index (χ1n) is 8.46. The second kappa shape index (κ2) is 6.92. The lowest BCUT2D eigenvalue weighted by atomic mass is 10.0. The highest BCUT2D eigenvalue weighted by atomic mass is 32.2. The van der Waals surface area contributed by atoms with E-state index in [4.69, 9.17) is 0 Å². The molecule has 2 atom stereocenters. The van der Waals surface area contributed by atoms with E-state index in [1.54, 1.807) is 25.1 Å². The molecule has 2 aromatic rings. The van der Waals surface area contributed by atoms with Crippen LogP contribution in [0.15, 0.2) is 36.4 Å². The van der Waals surface area contributed by atoms with E-state index in [0.29, 0.717) is 23.2 Å². The Balaban J connectivity index is 1.81. The Kier molecular flexibility index (Phi) is 4.94. The molecule has 1 amide bonds. The first kappa shape index (κ1) is 19.3. The molecule has 0 saturated heterocycles. The van der Waals surface area contributed by atoms with Gasteiger partial charge in [0.25, 0.3) is 5.91 Å². The van der Waals surface area contributed by atoms with Crippen molar-refractivity contribution >= 4 is 21.6 Å². The van der Waals surface area contributed by atoms with Crippen LogP contribution in [0.2, 0.25) is 0 Å². The number of rotatable bonds is 4. The van der Waals surface area contributed by atoms with E-state index in [-0.39, 0.29) is 11.9 Å². The summed E-state index contributed by atoms with van der Waals surface area (Å²) in [5.41, 5.74) is 2.18. The van der Waals surface area contributed by atoms with Crippen LogP contribution in [-0.2, 0) is 16.4 Å². The zero-order valence-corrected chi connectivity index (χ0v) is 16.0. The lowest BCUT2D eigenvalue weighted by Crippen LogP contribution is -2.34. The molecule has 0 aromatic heterocycles. The van der Waals surface area contributed by atoms with Crippen molar-refractivity contribution in [2.75, 3.05) is 10.6 Å². The van der Waals surface area contributed by atoms with E-state index in [2.05, 4.69) is 5.32 Å². The number of halogens is 2. The minimum Gasteiger partial charge on any atom is -0.346 e. The molecule has 5 nitrogen and oxygen atoms in total.